The zero-order chi connectivity index (χ0) is 14.4. The van der Waals surface area contributed by atoms with E-state index in [1.807, 2.05) is 6.92 Å². The van der Waals surface area contributed by atoms with Gasteiger partial charge < -0.3 is 5.73 Å². The maximum atomic E-state index is 11.9. The third-order valence-electron chi connectivity index (χ3n) is 2.12. The van der Waals surface area contributed by atoms with Crippen LogP contribution in [0.3, 0.4) is 0 Å². The van der Waals surface area contributed by atoms with Crippen LogP contribution in [0.4, 0.5) is 13.2 Å². The highest BCUT2D eigenvalue weighted by molar-refractivity contribution is 7.89. The Hall–Kier alpha value is -0.410. The average molecular weight is 306 g/mol. The van der Waals surface area contributed by atoms with Crippen LogP contribution in [0.5, 0.6) is 0 Å². The van der Waals surface area contributed by atoms with Gasteiger partial charge in [-0.2, -0.15) is 13.2 Å². The predicted molar refractivity (Wildman–Crippen MR) is 67.7 cm³/mol. The van der Waals surface area contributed by atoms with Gasteiger partial charge in [0.05, 0.1) is 16.8 Å². The highest BCUT2D eigenvalue weighted by Crippen LogP contribution is 2.21. The van der Waals surface area contributed by atoms with Gasteiger partial charge in [-0.05, 0) is 12.8 Å². The Morgan fingerprint density at radius 1 is 1.44 bits per heavy atom. The Bertz CT molecular complexity index is 368. The smallest absolute Gasteiger partial charge is 0.389 e. The largest absolute Gasteiger partial charge is 0.392 e. The molecular formula is C9H17F3N2O2S2. The van der Waals surface area contributed by atoms with Crippen molar-refractivity contribution in [2.24, 2.45) is 5.73 Å². The number of hydrogen-bond acceptors (Lipinski definition) is 3. The van der Waals surface area contributed by atoms with Crippen LogP contribution in [0.25, 0.3) is 0 Å². The van der Waals surface area contributed by atoms with Gasteiger partial charge in [-0.25, -0.2) is 13.1 Å². The maximum absolute atomic E-state index is 11.9. The van der Waals surface area contributed by atoms with E-state index in [1.165, 1.54) is 0 Å². The van der Waals surface area contributed by atoms with E-state index in [0.29, 0.717) is 12.8 Å². The summed E-state index contributed by atoms with van der Waals surface area (Å²) < 4.78 is 60.9. The van der Waals surface area contributed by atoms with Crippen molar-refractivity contribution in [1.82, 2.24) is 4.72 Å². The number of sulfonamides is 1. The fourth-order valence-corrected chi connectivity index (χ4v) is 2.86. The first-order valence-corrected chi connectivity index (χ1v) is 7.49. The molecule has 0 aliphatic carbocycles. The van der Waals surface area contributed by atoms with Crippen molar-refractivity contribution in [2.75, 3.05) is 5.75 Å². The molecule has 0 aromatic heterocycles. The number of thiocarbonyl (C=S) groups is 1. The van der Waals surface area contributed by atoms with Gasteiger partial charge in [0.1, 0.15) is 0 Å². The quantitative estimate of drug-likeness (QED) is 0.670. The second-order valence-corrected chi connectivity index (χ2v) is 6.24. The van der Waals surface area contributed by atoms with Crippen LogP contribution < -0.4 is 10.5 Å². The molecule has 0 aromatic rings. The minimum absolute atomic E-state index is 0.00348. The lowest BCUT2D eigenvalue weighted by atomic mass is 10.2. The summed E-state index contributed by atoms with van der Waals surface area (Å²) in [5, 5.41) is 0. The Morgan fingerprint density at radius 3 is 2.39 bits per heavy atom. The Kier molecular flexibility index (Phi) is 7.08. The monoisotopic (exact) mass is 306 g/mol. The lowest BCUT2D eigenvalue weighted by molar-refractivity contribution is -0.134. The van der Waals surface area contributed by atoms with Gasteiger partial charge in [-0.15, -0.1) is 0 Å². The van der Waals surface area contributed by atoms with Crippen LogP contribution in [0.1, 0.15) is 32.6 Å². The number of nitrogens with one attached hydrogen (secondary N) is 1. The van der Waals surface area contributed by atoms with Crippen molar-refractivity contribution in [3.8, 4) is 0 Å². The molecule has 0 bridgehead atoms. The summed E-state index contributed by atoms with van der Waals surface area (Å²) >= 11 is 4.69. The first-order chi connectivity index (χ1) is 8.07. The zero-order valence-corrected chi connectivity index (χ0v) is 11.6. The highest BCUT2D eigenvalue weighted by Gasteiger charge is 2.28. The molecule has 4 nitrogen and oxygen atoms in total. The number of alkyl halides is 3. The van der Waals surface area contributed by atoms with Crippen LogP contribution in [-0.2, 0) is 10.0 Å². The van der Waals surface area contributed by atoms with Gasteiger partial charge in [0.15, 0.2) is 0 Å². The Labute approximate surface area is 110 Å². The molecule has 1 atom stereocenters. The third kappa shape index (κ3) is 8.65. The predicted octanol–water partition coefficient (Wildman–Crippen LogP) is 1.70. The summed E-state index contributed by atoms with van der Waals surface area (Å²) in [6.07, 6.45) is -4.86. The molecule has 0 aromatic carbocycles. The summed E-state index contributed by atoms with van der Waals surface area (Å²) in [6, 6.07) is -0.694. The molecule has 0 aliphatic heterocycles. The van der Waals surface area contributed by atoms with Crippen molar-refractivity contribution >= 4 is 27.2 Å². The maximum Gasteiger partial charge on any atom is 0.389 e. The van der Waals surface area contributed by atoms with Crippen LogP contribution >= 0.6 is 12.2 Å². The fraction of sp³-hybridized carbons (Fsp3) is 0.889. The molecule has 0 aliphatic rings. The number of rotatable bonds is 8. The minimum atomic E-state index is -4.35. The molecule has 0 fully saturated rings. The molecular weight excluding hydrogens is 289 g/mol. The summed E-state index contributed by atoms with van der Waals surface area (Å²) in [6.45, 7) is 1.82. The summed E-state index contributed by atoms with van der Waals surface area (Å²) in [5.74, 6) is -0.588. The molecule has 0 saturated carbocycles. The summed E-state index contributed by atoms with van der Waals surface area (Å²) in [4.78, 5) is -0.00348. The van der Waals surface area contributed by atoms with Gasteiger partial charge in [0.2, 0.25) is 10.0 Å². The third-order valence-corrected chi connectivity index (χ3v) is 3.87. The SMILES string of the molecule is CCCC(NS(=O)(=O)CCCC(F)(F)F)C(N)=S. The lowest BCUT2D eigenvalue weighted by Crippen LogP contribution is -2.44. The normalized spacial score (nSPS) is 14.4. The molecule has 1 unspecified atom stereocenters. The molecule has 0 amide bonds. The molecule has 0 spiro atoms. The van der Waals surface area contributed by atoms with E-state index in [4.69, 9.17) is 18.0 Å². The van der Waals surface area contributed by atoms with E-state index in [-0.39, 0.29) is 4.99 Å². The zero-order valence-electron chi connectivity index (χ0n) is 9.96. The first kappa shape index (κ1) is 17.6. The number of halogens is 3. The molecule has 108 valence electrons. The van der Waals surface area contributed by atoms with Crippen molar-refractivity contribution in [3.05, 3.63) is 0 Å². The second kappa shape index (κ2) is 7.25. The molecule has 18 heavy (non-hydrogen) atoms. The first-order valence-electron chi connectivity index (χ1n) is 5.43. The van der Waals surface area contributed by atoms with E-state index in [1.54, 1.807) is 0 Å². The second-order valence-electron chi connectivity index (χ2n) is 3.90. The van der Waals surface area contributed by atoms with Gasteiger partial charge in [-0.1, -0.05) is 25.6 Å². The molecule has 0 rings (SSSR count). The van der Waals surface area contributed by atoms with Gasteiger partial charge in [0.25, 0.3) is 0 Å². The standard InChI is InChI=1S/C9H17F3N2O2S2/c1-2-4-7(8(13)17)14-18(15,16)6-3-5-9(10,11)12/h7,14H,2-6H2,1H3,(H2,13,17). The van der Waals surface area contributed by atoms with Crippen LogP contribution in [-0.4, -0.2) is 31.4 Å². The van der Waals surface area contributed by atoms with E-state index in [2.05, 4.69) is 4.72 Å². The number of hydrogen-bond donors (Lipinski definition) is 2. The van der Waals surface area contributed by atoms with Crippen molar-refractivity contribution in [3.63, 3.8) is 0 Å². The Morgan fingerprint density at radius 2 is 2.00 bits per heavy atom. The molecule has 0 saturated heterocycles. The van der Waals surface area contributed by atoms with E-state index < -0.39 is 40.8 Å². The van der Waals surface area contributed by atoms with E-state index in [0.717, 1.165) is 0 Å². The van der Waals surface area contributed by atoms with Crippen molar-refractivity contribution in [2.45, 2.75) is 44.8 Å². The minimum Gasteiger partial charge on any atom is -0.392 e. The van der Waals surface area contributed by atoms with Gasteiger partial charge >= 0.3 is 6.18 Å². The molecule has 3 N–H and O–H groups in total. The van der Waals surface area contributed by atoms with Crippen molar-refractivity contribution < 1.29 is 21.6 Å². The van der Waals surface area contributed by atoms with Crippen LogP contribution in [0, 0.1) is 0 Å². The molecule has 9 heteroatoms. The summed E-state index contributed by atoms with van der Waals surface area (Å²) in [7, 11) is -3.79. The van der Waals surface area contributed by atoms with Crippen molar-refractivity contribution in [1.29, 1.82) is 0 Å². The fourth-order valence-electron chi connectivity index (χ4n) is 1.29. The van der Waals surface area contributed by atoms with E-state index in [9.17, 15) is 21.6 Å². The van der Waals surface area contributed by atoms with Gasteiger partial charge in [-0.3, -0.25) is 0 Å². The average Bonchev–Trinajstić information content (AvgIpc) is 2.13. The van der Waals surface area contributed by atoms with Crippen LogP contribution in [0.2, 0.25) is 0 Å². The molecule has 0 heterocycles. The van der Waals surface area contributed by atoms with Crippen LogP contribution in [0.15, 0.2) is 0 Å². The lowest BCUT2D eigenvalue weighted by Gasteiger charge is -2.16. The highest BCUT2D eigenvalue weighted by atomic mass is 32.2. The van der Waals surface area contributed by atoms with Gasteiger partial charge in [0, 0.05) is 6.42 Å². The number of nitrogens with two attached hydrogens (primary N) is 1. The topological polar surface area (TPSA) is 72.2 Å². The Balaban J connectivity index is 4.33. The summed E-state index contributed by atoms with van der Waals surface area (Å²) in [5.41, 5.74) is 5.35. The van der Waals surface area contributed by atoms with E-state index >= 15 is 0 Å². The molecule has 0 radical (unpaired) electrons.